The summed E-state index contributed by atoms with van der Waals surface area (Å²) < 4.78 is 8.02. The lowest BCUT2D eigenvalue weighted by molar-refractivity contribution is -0.121. The van der Waals surface area contributed by atoms with Gasteiger partial charge in [0.2, 0.25) is 5.91 Å². The summed E-state index contributed by atoms with van der Waals surface area (Å²) in [7, 11) is 0. The topological polar surface area (TPSA) is 113 Å². The van der Waals surface area contributed by atoms with E-state index in [0.717, 1.165) is 34.5 Å². The summed E-state index contributed by atoms with van der Waals surface area (Å²) in [6, 6.07) is 31.3. The normalized spacial score (nSPS) is 13.1. The highest BCUT2D eigenvalue weighted by atomic mass is 16.6. The van der Waals surface area contributed by atoms with Crippen molar-refractivity contribution in [3.05, 3.63) is 143 Å². The van der Waals surface area contributed by atoms with Crippen molar-refractivity contribution in [2.45, 2.75) is 51.7 Å². The Hall–Kier alpha value is -5.75. The number of hydrogen-bond acceptors (Lipinski definition) is 6. The van der Waals surface area contributed by atoms with Crippen LogP contribution in [0.4, 0.5) is 4.79 Å². The lowest BCUT2D eigenvalue weighted by atomic mass is 9.98. The van der Waals surface area contributed by atoms with Gasteiger partial charge in [0.15, 0.2) is 0 Å². The average molecular weight is 653 g/mol. The van der Waals surface area contributed by atoms with Crippen LogP contribution in [0.1, 0.15) is 59.8 Å². The molecule has 0 saturated carbocycles. The van der Waals surface area contributed by atoms with Gasteiger partial charge in [0.1, 0.15) is 6.61 Å². The van der Waals surface area contributed by atoms with Crippen LogP contribution in [0.3, 0.4) is 0 Å². The van der Waals surface area contributed by atoms with E-state index in [-0.39, 0.29) is 49.9 Å². The Morgan fingerprint density at radius 3 is 2.33 bits per heavy atom. The van der Waals surface area contributed by atoms with E-state index in [4.69, 9.17) is 10.00 Å². The zero-order valence-corrected chi connectivity index (χ0v) is 27.8. The number of fused-ring (bicyclic) bond motifs is 3. The van der Waals surface area contributed by atoms with Crippen LogP contribution in [-0.4, -0.2) is 50.6 Å². The first-order chi connectivity index (χ1) is 23.9. The van der Waals surface area contributed by atoms with Crippen molar-refractivity contribution in [3.63, 3.8) is 0 Å². The van der Waals surface area contributed by atoms with Crippen LogP contribution in [0.25, 0.3) is 11.1 Å². The lowest BCUT2D eigenvalue weighted by Gasteiger charge is -2.31. The number of ether oxygens (including phenoxy) is 1. The number of hydrogen-bond donors (Lipinski definition) is 1. The van der Waals surface area contributed by atoms with Crippen molar-refractivity contribution >= 4 is 12.0 Å². The Labute approximate surface area is 287 Å². The van der Waals surface area contributed by atoms with Gasteiger partial charge in [0.05, 0.1) is 36.6 Å². The van der Waals surface area contributed by atoms with Crippen LogP contribution < -0.4 is 5.32 Å². The highest BCUT2D eigenvalue weighted by Gasteiger charge is 2.31. The molecule has 0 fully saturated rings. The molecule has 1 aliphatic carbocycles. The fraction of sp³-hybridized carbons (Fsp3) is 0.275. The highest BCUT2D eigenvalue weighted by molar-refractivity contribution is 5.79. The molecule has 0 bridgehead atoms. The van der Waals surface area contributed by atoms with Crippen molar-refractivity contribution in [2.24, 2.45) is 5.92 Å². The Balaban J connectivity index is 1.16. The molecule has 3 aromatic carbocycles. The molecule has 6 rings (SSSR count). The summed E-state index contributed by atoms with van der Waals surface area (Å²) in [5.41, 5.74) is 7.74. The molecule has 9 nitrogen and oxygen atoms in total. The van der Waals surface area contributed by atoms with E-state index in [1.54, 1.807) is 35.8 Å². The molecule has 1 aliphatic rings. The van der Waals surface area contributed by atoms with E-state index in [1.165, 1.54) is 11.1 Å². The minimum absolute atomic E-state index is 0.0627. The van der Waals surface area contributed by atoms with Crippen molar-refractivity contribution in [2.75, 3.05) is 13.2 Å². The van der Waals surface area contributed by atoms with Gasteiger partial charge in [-0.25, -0.2) is 9.78 Å². The van der Waals surface area contributed by atoms with Gasteiger partial charge in [-0.05, 0) is 58.0 Å². The van der Waals surface area contributed by atoms with Crippen LogP contribution >= 0.6 is 0 Å². The van der Waals surface area contributed by atoms with Crippen LogP contribution in [0.5, 0.6) is 0 Å². The predicted octanol–water partition coefficient (Wildman–Crippen LogP) is 6.72. The smallest absolute Gasteiger partial charge is 0.410 e. The van der Waals surface area contributed by atoms with Crippen LogP contribution in [0, 0.1) is 17.2 Å². The van der Waals surface area contributed by atoms with Crippen LogP contribution in [0.15, 0.2) is 110 Å². The number of carbonyl (C=O) groups excluding carboxylic acids is 2. The van der Waals surface area contributed by atoms with Crippen LogP contribution in [0.2, 0.25) is 0 Å². The van der Waals surface area contributed by atoms with E-state index in [0.29, 0.717) is 12.1 Å². The minimum Gasteiger partial charge on any atom is -0.448 e. The van der Waals surface area contributed by atoms with Crippen molar-refractivity contribution in [1.29, 1.82) is 5.26 Å². The zero-order valence-electron chi connectivity index (χ0n) is 27.8. The summed E-state index contributed by atoms with van der Waals surface area (Å²) >= 11 is 0. The number of amides is 2. The molecule has 9 heteroatoms. The first kappa shape index (κ1) is 33.2. The third-order valence-corrected chi connectivity index (χ3v) is 9.34. The van der Waals surface area contributed by atoms with Crippen molar-refractivity contribution < 1.29 is 14.3 Å². The zero-order chi connectivity index (χ0) is 34.2. The number of benzene rings is 3. The van der Waals surface area contributed by atoms with Gasteiger partial charge in [0, 0.05) is 43.1 Å². The molecule has 0 aliphatic heterocycles. The molecule has 2 aromatic heterocycles. The van der Waals surface area contributed by atoms with Gasteiger partial charge < -0.3 is 19.5 Å². The third-order valence-electron chi connectivity index (χ3n) is 9.34. The number of imidazole rings is 1. The van der Waals surface area contributed by atoms with E-state index < -0.39 is 6.09 Å². The maximum Gasteiger partial charge on any atom is 0.410 e. The largest absolute Gasteiger partial charge is 0.448 e. The lowest BCUT2D eigenvalue weighted by Crippen LogP contribution is -2.49. The molecular weight excluding hydrogens is 612 g/mol. The van der Waals surface area contributed by atoms with Gasteiger partial charge in [-0.1, -0.05) is 87.0 Å². The summed E-state index contributed by atoms with van der Waals surface area (Å²) in [4.78, 5) is 37.9. The Morgan fingerprint density at radius 2 is 1.67 bits per heavy atom. The molecule has 0 saturated heterocycles. The number of nitrogens with zero attached hydrogens (tertiary/aromatic N) is 5. The minimum atomic E-state index is -0.449. The highest BCUT2D eigenvalue weighted by Crippen LogP contribution is 2.44. The van der Waals surface area contributed by atoms with E-state index in [2.05, 4.69) is 59.5 Å². The van der Waals surface area contributed by atoms with Gasteiger partial charge in [-0.2, -0.15) is 5.26 Å². The predicted molar refractivity (Wildman–Crippen MR) is 187 cm³/mol. The Bertz CT molecular complexity index is 1890. The average Bonchev–Trinajstić information content (AvgIpc) is 3.71. The number of nitriles is 1. The summed E-state index contributed by atoms with van der Waals surface area (Å²) in [6.45, 7) is 5.40. The summed E-state index contributed by atoms with van der Waals surface area (Å²) in [6.07, 6.45) is 5.61. The molecule has 49 heavy (non-hydrogen) atoms. The van der Waals surface area contributed by atoms with Crippen molar-refractivity contribution in [1.82, 2.24) is 24.8 Å². The second-order valence-corrected chi connectivity index (χ2v) is 12.6. The summed E-state index contributed by atoms with van der Waals surface area (Å²) in [5, 5.41) is 12.3. The fourth-order valence-corrected chi connectivity index (χ4v) is 6.41. The fourth-order valence-electron chi connectivity index (χ4n) is 6.41. The monoisotopic (exact) mass is 652 g/mol. The standard InChI is InChI=1S/C40H40N6O3/c1-3-28(2)38(44-39(47)20-32-22-42-27-46(32)23-30-17-15-29(21-41)16-18-30)25-45(24-31-10-8-9-19-43-31)40(48)49-26-37-35-13-6-4-11-33(35)34-12-5-7-14-36(34)37/h4-19,22,27-28,37-38H,3,20,23-26H2,1-2H3,(H,44,47)/t28-,38+/m0/s1. The third kappa shape index (κ3) is 7.87. The molecule has 0 unspecified atom stereocenters. The molecule has 0 radical (unpaired) electrons. The molecule has 2 atom stereocenters. The van der Waals surface area contributed by atoms with E-state index in [9.17, 15) is 9.59 Å². The molecule has 0 spiro atoms. The van der Waals surface area contributed by atoms with Gasteiger partial charge in [0.25, 0.3) is 0 Å². The van der Waals surface area contributed by atoms with Gasteiger partial charge in [-0.15, -0.1) is 0 Å². The quantitative estimate of drug-likeness (QED) is 0.151. The number of aromatic nitrogens is 3. The Kier molecular flexibility index (Phi) is 10.4. The second-order valence-electron chi connectivity index (χ2n) is 12.6. The number of carbonyl (C=O) groups is 2. The molecule has 248 valence electrons. The maximum absolute atomic E-state index is 13.9. The first-order valence-corrected chi connectivity index (χ1v) is 16.7. The van der Waals surface area contributed by atoms with E-state index >= 15 is 0 Å². The number of nitrogens with one attached hydrogen (secondary N) is 1. The molecular formula is C40H40N6O3. The number of rotatable bonds is 13. The van der Waals surface area contributed by atoms with Crippen LogP contribution in [-0.2, 0) is 29.0 Å². The maximum atomic E-state index is 13.9. The van der Waals surface area contributed by atoms with Gasteiger partial charge >= 0.3 is 6.09 Å². The van der Waals surface area contributed by atoms with Gasteiger partial charge in [-0.3, -0.25) is 9.78 Å². The first-order valence-electron chi connectivity index (χ1n) is 16.7. The second kappa shape index (κ2) is 15.4. The number of pyridine rings is 1. The summed E-state index contributed by atoms with van der Waals surface area (Å²) in [5.74, 6) is -0.135. The van der Waals surface area contributed by atoms with Crippen molar-refractivity contribution in [3.8, 4) is 17.2 Å². The van der Waals surface area contributed by atoms with E-state index in [1.807, 2.05) is 59.2 Å². The SMILES string of the molecule is CC[C@H](C)[C@@H](CN(Cc1ccccn1)C(=O)OCC1c2ccccc2-c2ccccc21)NC(=O)Cc1cncn1Cc1ccc(C#N)cc1. The Morgan fingerprint density at radius 1 is 0.980 bits per heavy atom. The molecule has 2 heterocycles. The molecule has 2 amide bonds. The molecule has 1 N–H and O–H groups in total. The molecule has 5 aromatic rings.